The maximum absolute atomic E-state index is 12.9. The van der Waals surface area contributed by atoms with Crippen LogP contribution in [-0.2, 0) is 0 Å². The minimum atomic E-state index is -0.345. The highest BCUT2D eigenvalue weighted by atomic mass is 35.5. The van der Waals surface area contributed by atoms with Gasteiger partial charge in [-0.05, 0) is 42.0 Å². The summed E-state index contributed by atoms with van der Waals surface area (Å²) in [4.78, 5) is 17.6. The van der Waals surface area contributed by atoms with Crippen molar-refractivity contribution in [3.63, 3.8) is 0 Å². The van der Waals surface area contributed by atoms with Crippen molar-refractivity contribution in [1.82, 2.24) is 10.4 Å². The summed E-state index contributed by atoms with van der Waals surface area (Å²) in [5.41, 5.74) is 6.15. The molecule has 1 aromatic heterocycles. The molecule has 3 aromatic carbocycles. The van der Waals surface area contributed by atoms with Crippen LogP contribution in [0, 0.1) is 0 Å². The van der Waals surface area contributed by atoms with Crippen LogP contribution in [0.15, 0.2) is 84.0 Å². The van der Waals surface area contributed by atoms with Gasteiger partial charge >= 0.3 is 0 Å². The number of fused-ring (bicyclic) bond motifs is 1. The van der Waals surface area contributed by atoms with E-state index in [9.17, 15) is 4.79 Å². The Hall–Kier alpha value is -3.21. The van der Waals surface area contributed by atoms with Crippen molar-refractivity contribution in [2.24, 2.45) is 5.10 Å². The Morgan fingerprint density at radius 2 is 1.62 bits per heavy atom. The number of aromatic nitrogens is 1. The van der Waals surface area contributed by atoms with E-state index in [-0.39, 0.29) is 5.91 Å². The summed E-state index contributed by atoms with van der Waals surface area (Å²) in [5, 5.41) is 5.89. The van der Waals surface area contributed by atoms with E-state index in [4.69, 9.17) is 23.2 Å². The lowest BCUT2D eigenvalue weighted by atomic mass is 10.0. The Morgan fingerprint density at radius 3 is 2.38 bits per heavy atom. The van der Waals surface area contributed by atoms with Crippen molar-refractivity contribution in [1.29, 1.82) is 0 Å². The lowest BCUT2D eigenvalue weighted by Crippen LogP contribution is -2.18. The molecule has 1 heterocycles. The highest BCUT2D eigenvalue weighted by Gasteiger charge is 2.14. The van der Waals surface area contributed by atoms with E-state index in [1.54, 1.807) is 42.6 Å². The van der Waals surface area contributed by atoms with E-state index in [1.165, 1.54) is 0 Å². The van der Waals surface area contributed by atoms with Crippen molar-refractivity contribution >= 4 is 46.2 Å². The third-order valence-corrected chi connectivity index (χ3v) is 4.82. The number of hydrazone groups is 1. The Morgan fingerprint density at radius 1 is 0.897 bits per heavy atom. The molecule has 0 fully saturated rings. The largest absolute Gasteiger partial charge is 0.272 e. The fourth-order valence-electron chi connectivity index (χ4n) is 2.92. The molecule has 4 aromatic rings. The van der Waals surface area contributed by atoms with Gasteiger partial charge in [-0.15, -0.1) is 0 Å². The van der Waals surface area contributed by atoms with Crippen molar-refractivity contribution in [2.75, 3.05) is 0 Å². The minimum Gasteiger partial charge on any atom is -0.267 e. The van der Waals surface area contributed by atoms with Gasteiger partial charge in [0.1, 0.15) is 0 Å². The van der Waals surface area contributed by atoms with Gasteiger partial charge in [-0.25, -0.2) is 10.4 Å². The van der Waals surface area contributed by atoms with E-state index < -0.39 is 0 Å². The zero-order valence-electron chi connectivity index (χ0n) is 15.1. The molecule has 0 saturated heterocycles. The molecule has 0 spiro atoms. The summed E-state index contributed by atoms with van der Waals surface area (Å²) < 4.78 is 0. The van der Waals surface area contributed by atoms with Gasteiger partial charge in [-0.3, -0.25) is 4.79 Å². The smallest absolute Gasteiger partial charge is 0.267 e. The summed E-state index contributed by atoms with van der Waals surface area (Å²) in [6, 6.07) is 23.9. The van der Waals surface area contributed by atoms with E-state index in [2.05, 4.69) is 15.5 Å². The third-order valence-electron chi connectivity index (χ3n) is 4.33. The second-order valence-corrected chi connectivity index (χ2v) is 7.21. The van der Waals surface area contributed by atoms with Gasteiger partial charge in [0.05, 0.1) is 23.0 Å². The number of pyridine rings is 1. The van der Waals surface area contributed by atoms with Crippen LogP contribution >= 0.6 is 23.2 Å². The molecule has 0 atom stereocenters. The summed E-state index contributed by atoms with van der Waals surface area (Å²) in [7, 11) is 0. The topological polar surface area (TPSA) is 54.4 Å². The molecule has 0 aliphatic rings. The van der Waals surface area contributed by atoms with Crippen molar-refractivity contribution in [3.05, 3.63) is 100 Å². The molecule has 1 N–H and O–H groups in total. The number of carbonyl (C=O) groups excluding carboxylic acids is 1. The van der Waals surface area contributed by atoms with Gasteiger partial charge in [-0.1, -0.05) is 65.7 Å². The van der Waals surface area contributed by atoms with Crippen LogP contribution in [0.3, 0.4) is 0 Å². The molecule has 0 radical (unpaired) electrons. The second kappa shape index (κ2) is 8.43. The number of halogens is 2. The van der Waals surface area contributed by atoms with Crippen molar-refractivity contribution < 1.29 is 4.79 Å². The first-order chi connectivity index (χ1) is 14.1. The fourth-order valence-corrected chi connectivity index (χ4v) is 3.22. The van der Waals surface area contributed by atoms with Gasteiger partial charge < -0.3 is 0 Å². The minimum absolute atomic E-state index is 0.345. The Labute approximate surface area is 177 Å². The monoisotopic (exact) mass is 419 g/mol. The average Bonchev–Trinajstić information content (AvgIpc) is 2.75. The van der Waals surface area contributed by atoms with Crippen LogP contribution < -0.4 is 5.43 Å². The summed E-state index contributed by atoms with van der Waals surface area (Å²) in [6.07, 6.45) is 1.56. The molecule has 4 nitrogen and oxygen atoms in total. The number of rotatable bonds is 4. The third kappa shape index (κ3) is 4.45. The molecule has 0 aliphatic heterocycles. The van der Waals surface area contributed by atoms with Crippen LogP contribution in [0.5, 0.6) is 0 Å². The van der Waals surface area contributed by atoms with E-state index in [0.717, 1.165) is 11.1 Å². The first-order valence-electron chi connectivity index (χ1n) is 8.85. The van der Waals surface area contributed by atoms with Crippen LogP contribution in [0.4, 0.5) is 0 Å². The van der Waals surface area contributed by atoms with Crippen LogP contribution in [0.25, 0.3) is 22.2 Å². The maximum Gasteiger partial charge on any atom is 0.272 e. The predicted octanol–water partition coefficient (Wildman–Crippen LogP) is 5.97. The molecule has 6 heteroatoms. The zero-order valence-corrected chi connectivity index (χ0v) is 16.7. The second-order valence-electron chi connectivity index (χ2n) is 6.33. The highest BCUT2D eigenvalue weighted by Crippen LogP contribution is 2.27. The number of nitrogens with one attached hydrogen (secondary N) is 1. The normalized spacial score (nSPS) is 11.1. The van der Waals surface area contributed by atoms with E-state index in [1.807, 2.05) is 42.5 Å². The zero-order chi connectivity index (χ0) is 20.2. The summed E-state index contributed by atoms with van der Waals surface area (Å²) >= 11 is 12.0. The fraction of sp³-hybridized carbons (Fsp3) is 0. The molecule has 0 bridgehead atoms. The summed E-state index contributed by atoms with van der Waals surface area (Å²) in [5.74, 6) is -0.345. The number of carbonyl (C=O) groups is 1. The lowest BCUT2D eigenvalue weighted by molar-refractivity contribution is 0.0957. The first kappa shape index (κ1) is 19.1. The number of hydrogen-bond acceptors (Lipinski definition) is 3. The molecule has 1 amide bonds. The number of benzene rings is 3. The van der Waals surface area contributed by atoms with Crippen molar-refractivity contribution in [3.8, 4) is 11.3 Å². The SMILES string of the molecule is O=C(N/N=C/c1ccc(Cl)cc1)c1cc(-c2ccccc2)nc2ccc(Cl)cc12. The van der Waals surface area contributed by atoms with Crippen molar-refractivity contribution in [2.45, 2.75) is 0 Å². The molecule has 0 unspecified atom stereocenters. The van der Waals surface area contributed by atoms with Gasteiger partial charge in [0.25, 0.3) is 5.91 Å². The Kier molecular flexibility index (Phi) is 5.56. The maximum atomic E-state index is 12.9. The molecule has 0 saturated carbocycles. The lowest BCUT2D eigenvalue weighted by Gasteiger charge is -2.09. The van der Waals surface area contributed by atoms with Crippen LogP contribution in [0.1, 0.15) is 15.9 Å². The molecule has 0 aliphatic carbocycles. The van der Waals surface area contributed by atoms with E-state index in [0.29, 0.717) is 32.2 Å². The first-order valence-corrected chi connectivity index (χ1v) is 9.60. The highest BCUT2D eigenvalue weighted by molar-refractivity contribution is 6.31. The molecular weight excluding hydrogens is 405 g/mol. The number of amides is 1. The predicted molar refractivity (Wildman–Crippen MR) is 119 cm³/mol. The average molecular weight is 420 g/mol. The quantitative estimate of drug-likeness (QED) is 0.327. The van der Waals surface area contributed by atoms with Crippen LogP contribution in [-0.4, -0.2) is 17.1 Å². The molecule has 4 rings (SSSR count). The molecule has 29 heavy (non-hydrogen) atoms. The van der Waals surface area contributed by atoms with Gasteiger partial charge in [0.15, 0.2) is 0 Å². The van der Waals surface area contributed by atoms with Crippen LogP contribution in [0.2, 0.25) is 10.0 Å². The number of hydrogen-bond donors (Lipinski definition) is 1. The summed E-state index contributed by atoms with van der Waals surface area (Å²) in [6.45, 7) is 0. The standard InChI is InChI=1S/C23H15Cl2N3O/c24-17-8-6-15(7-9-17)14-26-28-23(29)20-13-22(16-4-2-1-3-5-16)27-21-11-10-18(25)12-19(20)21/h1-14H,(H,28,29)/b26-14+. The Balaban J connectivity index is 1.69. The molecular formula is C23H15Cl2N3O. The molecule has 142 valence electrons. The van der Waals surface area contributed by atoms with Gasteiger partial charge in [0, 0.05) is 21.0 Å². The number of nitrogens with zero attached hydrogens (tertiary/aromatic N) is 2. The van der Waals surface area contributed by atoms with Gasteiger partial charge in [-0.2, -0.15) is 5.10 Å². The van der Waals surface area contributed by atoms with Gasteiger partial charge in [0.2, 0.25) is 0 Å². The van der Waals surface area contributed by atoms with E-state index >= 15 is 0 Å². The Bertz CT molecular complexity index is 1210.